The van der Waals surface area contributed by atoms with Crippen molar-refractivity contribution in [2.45, 2.75) is 12.8 Å². The van der Waals surface area contributed by atoms with Gasteiger partial charge in [0.15, 0.2) is 0 Å². The highest BCUT2D eigenvalue weighted by atomic mass is 35.5. The van der Waals surface area contributed by atoms with Crippen molar-refractivity contribution in [3.8, 4) is 0 Å². The van der Waals surface area contributed by atoms with Crippen molar-refractivity contribution < 1.29 is 9.53 Å². The van der Waals surface area contributed by atoms with E-state index >= 15 is 0 Å². The third kappa shape index (κ3) is 3.68. The fourth-order valence-corrected chi connectivity index (χ4v) is 2.01. The van der Waals surface area contributed by atoms with Gasteiger partial charge in [0.2, 0.25) is 0 Å². The van der Waals surface area contributed by atoms with Gasteiger partial charge in [0, 0.05) is 23.7 Å². The van der Waals surface area contributed by atoms with Gasteiger partial charge in [0.25, 0.3) is 0 Å². The number of ether oxygens (including phenoxy) is 1. The smallest absolute Gasteiger partial charge is 0.356 e. The fraction of sp³-hybridized carbons (Fsp3) is 0.500. The first-order valence-corrected chi connectivity index (χ1v) is 6.13. The first-order valence-electron chi connectivity index (χ1n) is 5.75. The van der Waals surface area contributed by atoms with E-state index in [1.54, 1.807) is 6.07 Å². The first kappa shape index (κ1) is 12.3. The molecule has 1 aliphatic heterocycles. The van der Waals surface area contributed by atoms with Crippen molar-refractivity contribution in [2.75, 3.05) is 19.7 Å². The molecule has 2 rings (SSSR count). The maximum atomic E-state index is 11.7. The molecule has 0 bridgehead atoms. The second-order valence-electron chi connectivity index (χ2n) is 4.17. The summed E-state index contributed by atoms with van der Waals surface area (Å²) in [5.74, 6) is 0.00459. The van der Waals surface area contributed by atoms with Crippen LogP contribution < -0.4 is 5.32 Å². The molecule has 0 aromatic carbocycles. The molecular formula is C12H15ClN2O2. The molecule has 1 aliphatic rings. The zero-order valence-electron chi connectivity index (χ0n) is 9.49. The molecule has 1 saturated heterocycles. The van der Waals surface area contributed by atoms with Crippen molar-refractivity contribution >= 4 is 17.6 Å². The Kier molecular flexibility index (Phi) is 4.34. The minimum atomic E-state index is -0.405. The number of piperidine rings is 1. The highest BCUT2D eigenvalue weighted by molar-refractivity contribution is 6.30. The third-order valence-electron chi connectivity index (χ3n) is 2.78. The molecule has 0 spiro atoms. The van der Waals surface area contributed by atoms with Crippen LogP contribution >= 0.6 is 11.6 Å². The lowest BCUT2D eigenvalue weighted by atomic mass is 10.0. The third-order valence-corrected chi connectivity index (χ3v) is 3.02. The van der Waals surface area contributed by atoms with Gasteiger partial charge in [-0.15, -0.1) is 0 Å². The Balaban J connectivity index is 1.84. The summed E-state index contributed by atoms with van der Waals surface area (Å²) in [5, 5.41) is 3.77. The number of hydrogen-bond acceptors (Lipinski definition) is 4. The van der Waals surface area contributed by atoms with Crippen LogP contribution in [-0.2, 0) is 4.74 Å². The average molecular weight is 255 g/mol. The monoisotopic (exact) mass is 254 g/mol. The van der Waals surface area contributed by atoms with Crippen LogP contribution in [0.25, 0.3) is 0 Å². The highest BCUT2D eigenvalue weighted by Crippen LogP contribution is 2.12. The van der Waals surface area contributed by atoms with Gasteiger partial charge in [-0.3, -0.25) is 0 Å². The van der Waals surface area contributed by atoms with Crippen LogP contribution in [-0.4, -0.2) is 30.6 Å². The molecule has 1 unspecified atom stereocenters. The van der Waals surface area contributed by atoms with Crippen molar-refractivity contribution in [1.82, 2.24) is 10.3 Å². The molecule has 1 atom stereocenters. The Hall–Kier alpha value is -1.13. The lowest BCUT2D eigenvalue weighted by Crippen LogP contribution is -2.32. The fourth-order valence-electron chi connectivity index (χ4n) is 1.85. The molecule has 17 heavy (non-hydrogen) atoms. The number of pyridine rings is 1. The highest BCUT2D eigenvalue weighted by Gasteiger charge is 2.16. The Morgan fingerprint density at radius 1 is 1.65 bits per heavy atom. The van der Waals surface area contributed by atoms with Crippen LogP contribution in [0.1, 0.15) is 23.3 Å². The van der Waals surface area contributed by atoms with Gasteiger partial charge >= 0.3 is 5.97 Å². The summed E-state index contributed by atoms with van der Waals surface area (Å²) in [5.41, 5.74) is 0.265. The number of nitrogens with zero attached hydrogens (tertiary/aromatic N) is 1. The topological polar surface area (TPSA) is 51.2 Å². The summed E-state index contributed by atoms with van der Waals surface area (Å²) in [6, 6.07) is 3.15. The number of carbonyl (C=O) groups excluding carboxylic acids is 1. The van der Waals surface area contributed by atoms with Crippen LogP contribution in [0.15, 0.2) is 18.3 Å². The summed E-state index contributed by atoms with van der Waals surface area (Å²) in [6.07, 6.45) is 3.74. The zero-order valence-corrected chi connectivity index (χ0v) is 10.2. The van der Waals surface area contributed by atoms with Gasteiger partial charge in [-0.05, 0) is 31.5 Å². The molecule has 0 radical (unpaired) electrons. The summed E-state index contributed by atoms with van der Waals surface area (Å²) in [4.78, 5) is 15.6. The summed E-state index contributed by atoms with van der Waals surface area (Å²) in [7, 11) is 0. The molecule has 1 N–H and O–H groups in total. The van der Waals surface area contributed by atoms with E-state index in [2.05, 4.69) is 10.3 Å². The maximum Gasteiger partial charge on any atom is 0.356 e. The van der Waals surface area contributed by atoms with E-state index in [1.807, 2.05) is 0 Å². The van der Waals surface area contributed by atoms with Gasteiger partial charge in [-0.25, -0.2) is 9.78 Å². The Morgan fingerprint density at radius 2 is 2.53 bits per heavy atom. The van der Waals surface area contributed by atoms with Gasteiger partial charge in [-0.2, -0.15) is 0 Å². The number of carbonyl (C=O) groups is 1. The van der Waals surface area contributed by atoms with Crippen LogP contribution in [0.2, 0.25) is 5.02 Å². The summed E-state index contributed by atoms with van der Waals surface area (Å²) in [6.45, 7) is 2.41. The second-order valence-corrected chi connectivity index (χ2v) is 4.61. The molecule has 5 heteroatoms. The maximum absolute atomic E-state index is 11.7. The van der Waals surface area contributed by atoms with Crippen molar-refractivity contribution in [2.24, 2.45) is 5.92 Å². The normalized spacial score (nSPS) is 19.9. The molecular weight excluding hydrogens is 240 g/mol. The van der Waals surface area contributed by atoms with Crippen LogP contribution in [0, 0.1) is 5.92 Å². The lowest BCUT2D eigenvalue weighted by molar-refractivity contribution is 0.0414. The number of halogens is 1. The van der Waals surface area contributed by atoms with Crippen LogP contribution in [0.4, 0.5) is 0 Å². The number of rotatable bonds is 3. The van der Waals surface area contributed by atoms with E-state index in [0.717, 1.165) is 25.9 Å². The predicted molar refractivity (Wildman–Crippen MR) is 65.1 cm³/mol. The number of aromatic nitrogens is 1. The van der Waals surface area contributed by atoms with E-state index in [9.17, 15) is 4.79 Å². The minimum Gasteiger partial charge on any atom is -0.461 e. The first-order chi connectivity index (χ1) is 8.25. The summed E-state index contributed by atoms with van der Waals surface area (Å²) >= 11 is 5.78. The Morgan fingerprint density at radius 3 is 3.24 bits per heavy atom. The van der Waals surface area contributed by atoms with Crippen molar-refractivity contribution in [1.29, 1.82) is 0 Å². The largest absolute Gasteiger partial charge is 0.461 e. The zero-order chi connectivity index (χ0) is 12.1. The van der Waals surface area contributed by atoms with Crippen LogP contribution in [0.3, 0.4) is 0 Å². The molecule has 2 heterocycles. The van der Waals surface area contributed by atoms with E-state index in [4.69, 9.17) is 16.3 Å². The molecule has 0 amide bonds. The summed E-state index contributed by atoms with van der Waals surface area (Å²) < 4.78 is 5.22. The van der Waals surface area contributed by atoms with Crippen molar-refractivity contribution in [3.05, 3.63) is 29.0 Å². The second kappa shape index (κ2) is 5.98. The lowest BCUT2D eigenvalue weighted by Gasteiger charge is -2.22. The van der Waals surface area contributed by atoms with Crippen LogP contribution in [0.5, 0.6) is 0 Å². The van der Waals surface area contributed by atoms with E-state index in [-0.39, 0.29) is 5.69 Å². The van der Waals surface area contributed by atoms with Crippen molar-refractivity contribution in [3.63, 3.8) is 0 Å². The minimum absolute atomic E-state index is 0.265. The van der Waals surface area contributed by atoms with E-state index in [0.29, 0.717) is 17.5 Å². The quantitative estimate of drug-likeness (QED) is 0.837. The average Bonchev–Trinajstić information content (AvgIpc) is 2.37. The van der Waals surface area contributed by atoms with Gasteiger partial charge in [0.05, 0.1) is 6.61 Å². The number of esters is 1. The molecule has 0 aliphatic carbocycles. The van der Waals surface area contributed by atoms with Gasteiger partial charge in [-0.1, -0.05) is 11.6 Å². The molecule has 92 valence electrons. The standard InChI is InChI=1S/C12H15ClN2O2/c13-10-3-5-15-11(6-10)12(16)17-8-9-2-1-4-14-7-9/h3,5-6,9,14H,1-2,4,7-8H2. The SMILES string of the molecule is O=C(OCC1CCCNC1)c1cc(Cl)ccn1. The number of nitrogens with one attached hydrogen (secondary N) is 1. The van der Waals surface area contributed by atoms with Gasteiger partial charge in [0.1, 0.15) is 5.69 Å². The molecule has 1 aromatic heterocycles. The molecule has 0 saturated carbocycles. The Bertz CT molecular complexity index is 392. The van der Waals surface area contributed by atoms with E-state index in [1.165, 1.54) is 12.3 Å². The molecule has 1 aromatic rings. The van der Waals surface area contributed by atoms with E-state index < -0.39 is 5.97 Å². The Labute approximate surface area is 105 Å². The molecule has 4 nitrogen and oxygen atoms in total. The number of hydrogen-bond donors (Lipinski definition) is 1. The predicted octanol–water partition coefficient (Wildman–Crippen LogP) is 1.89. The van der Waals surface area contributed by atoms with Gasteiger partial charge < -0.3 is 10.1 Å². The molecule has 1 fully saturated rings.